The fourth-order valence-electron chi connectivity index (χ4n) is 1.95. The normalized spacial score (nSPS) is 21.3. The molecule has 0 aromatic rings. The van der Waals surface area contributed by atoms with Crippen molar-refractivity contribution in [1.29, 1.82) is 0 Å². The van der Waals surface area contributed by atoms with Crippen LogP contribution in [0.4, 0.5) is 0 Å². The molecule has 1 saturated heterocycles. The molecular weight excluding hydrogens is 222 g/mol. The van der Waals surface area contributed by atoms with Gasteiger partial charge in [0.05, 0.1) is 0 Å². The number of sulfonamides is 1. The van der Waals surface area contributed by atoms with E-state index in [9.17, 15) is 8.42 Å². The molecule has 0 atom stereocenters. The van der Waals surface area contributed by atoms with E-state index in [-0.39, 0.29) is 5.21 Å². The Morgan fingerprint density at radius 3 is 2.36 bits per heavy atom. The third-order valence-corrected chi connectivity index (χ3v) is 5.06. The maximum Gasteiger partial charge on any atom is 0.228 e. The highest BCUT2D eigenvalue weighted by molar-refractivity contribution is 7.90. The molecule has 1 aliphatic rings. The summed E-state index contributed by atoms with van der Waals surface area (Å²) < 4.78 is 24.3. The van der Waals surface area contributed by atoms with Gasteiger partial charge >= 0.3 is 0 Å². The van der Waals surface area contributed by atoms with E-state index >= 15 is 0 Å². The number of hydrogen-bond donors (Lipinski definition) is 0. The van der Waals surface area contributed by atoms with E-state index in [1.165, 1.54) is 17.1 Å². The summed E-state index contributed by atoms with van der Waals surface area (Å²) in [6.07, 6.45) is 4.38. The van der Waals surface area contributed by atoms with Gasteiger partial charge in [-0.25, -0.2) is 12.7 Å². The number of piperidine rings is 1. The number of halogens is 1. The summed E-state index contributed by atoms with van der Waals surface area (Å²) in [5.74, 6) is 0.710. The van der Waals surface area contributed by atoms with Crippen molar-refractivity contribution in [2.75, 3.05) is 18.3 Å². The zero-order chi connectivity index (χ0) is 10.6. The first-order valence-electron chi connectivity index (χ1n) is 5.14. The molecule has 0 amide bonds. The Labute approximate surface area is 91.5 Å². The van der Waals surface area contributed by atoms with Crippen molar-refractivity contribution >= 4 is 21.6 Å². The Morgan fingerprint density at radius 2 is 1.93 bits per heavy atom. The van der Waals surface area contributed by atoms with E-state index < -0.39 is 10.0 Å². The summed E-state index contributed by atoms with van der Waals surface area (Å²) in [5, 5.41) is -0.286. The fourth-order valence-corrected chi connectivity index (χ4v) is 3.27. The van der Waals surface area contributed by atoms with Crippen LogP contribution in [-0.2, 0) is 10.0 Å². The topological polar surface area (TPSA) is 37.4 Å². The van der Waals surface area contributed by atoms with Crippen LogP contribution in [-0.4, -0.2) is 31.0 Å². The minimum atomic E-state index is -3.16. The maximum absolute atomic E-state index is 11.4. The van der Waals surface area contributed by atoms with Gasteiger partial charge in [0.15, 0.2) is 0 Å². The molecule has 0 N–H and O–H groups in total. The summed E-state index contributed by atoms with van der Waals surface area (Å²) in [4.78, 5) is 0. The Balaban J connectivity index is 2.43. The molecule has 1 heterocycles. The van der Waals surface area contributed by atoms with Crippen LogP contribution in [0.5, 0.6) is 0 Å². The fraction of sp³-hybridized carbons (Fsp3) is 1.00. The zero-order valence-corrected chi connectivity index (χ0v) is 10.1. The molecule has 0 aliphatic carbocycles. The first-order chi connectivity index (χ1) is 6.60. The second-order valence-corrected chi connectivity index (χ2v) is 6.41. The average Bonchev–Trinajstić information content (AvgIpc) is 2.19. The van der Waals surface area contributed by atoms with Crippen molar-refractivity contribution < 1.29 is 8.42 Å². The third-order valence-electron chi connectivity index (χ3n) is 2.80. The number of nitrogens with zero attached hydrogens (tertiary/aromatic N) is 1. The van der Waals surface area contributed by atoms with Gasteiger partial charge in [-0.3, -0.25) is 0 Å². The van der Waals surface area contributed by atoms with Crippen molar-refractivity contribution in [3.63, 3.8) is 0 Å². The molecule has 3 nitrogen and oxygen atoms in total. The van der Waals surface area contributed by atoms with Crippen LogP contribution < -0.4 is 0 Å². The minimum Gasteiger partial charge on any atom is -0.211 e. The first kappa shape index (κ1) is 12.3. The van der Waals surface area contributed by atoms with Crippen LogP contribution >= 0.6 is 11.6 Å². The molecule has 0 unspecified atom stereocenters. The lowest BCUT2D eigenvalue weighted by Gasteiger charge is -2.30. The largest absolute Gasteiger partial charge is 0.228 e. The van der Waals surface area contributed by atoms with Crippen molar-refractivity contribution in [3.05, 3.63) is 0 Å². The molecule has 0 radical (unpaired) electrons. The Kier molecular flexibility index (Phi) is 4.67. The van der Waals surface area contributed by atoms with Gasteiger partial charge in [-0.1, -0.05) is 19.8 Å². The summed E-state index contributed by atoms with van der Waals surface area (Å²) in [6.45, 7) is 3.47. The van der Waals surface area contributed by atoms with E-state index in [0.29, 0.717) is 19.0 Å². The first-order valence-corrected chi connectivity index (χ1v) is 7.28. The molecule has 0 aromatic carbocycles. The SMILES string of the molecule is CCCC1CCN(S(=O)(=O)CCl)CC1. The zero-order valence-electron chi connectivity index (χ0n) is 8.58. The lowest BCUT2D eigenvalue weighted by Crippen LogP contribution is -2.38. The van der Waals surface area contributed by atoms with Gasteiger partial charge in [0.1, 0.15) is 5.21 Å². The van der Waals surface area contributed by atoms with Crippen LogP contribution in [0.2, 0.25) is 0 Å². The van der Waals surface area contributed by atoms with Crippen LogP contribution in [0.1, 0.15) is 32.6 Å². The molecular formula is C9H18ClNO2S. The summed E-state index contributed by atoms with van der Waals surface area (Å²) >= 11 is 5.39. The van der Waals surface area contributed by atoms with E-state index in [4.69, 9.17) is 11.6 Å². The van der Waals surface area contributed by atoms with Gasteiger partial charge in [-0.15, -0.1) is 11.6 Å². The van der Waals surface area contributed by atoms with Crippen molar-refractivity contribution in [2.45, 2.75) is 32.6 Å². The quantitative estimate of drug-likeness (QED) is 0.704. The Bertz CT molecular complexity index is 258. The van der Waals surface area contributed by atoms with Crippen LogP contribution in [0, 0.1) is 5.92 Å². The Hall–Kier alpha value is 0.200. The van der Waals surface area contributed by atoms with Gasteiger partial charge in [0.25, 0.3) is 0 Å². The van der Waals surface area contributed by atoms with Gasteiger partial charge in [-0.05, 0) is 18.8 Å². The van der Waals surface area contributed by atoms with E-state index in [1.54, 1.807) is 0 Å². The predicted octanol–water partition coefficient (Wildman–Crippen LogP) is 2.02. The lowest BCUT2D eigenvalue weighted by atomic mass is 9.94. The van der Waals surface area contributed by atoms with E-state index in [2.05, 4.69) is 6.92 Å². The molecule has 14 heavy (non-hydrogen) atoms. The summed E-state index contributed by atoms with van der Waals surface area (Å²) in [5.41, 5.74) is 0. The predicted molar refractivity (Wildman–Crippen MR) is 58.8 cm³/mol. The molecule has 1 aliphatic heterocycles. The monoisotopic (exact) mass is 239 g/mol. The Morgan fingerprint density at radius 1 is 1.36 bits per heavy atom. The van der Waals surface area contributed by atoms with Gasteiger partial charge in [-0.2, -0.15) is 0 Å². The lowest BCUT2D eigenvalue weighted by molar-refractivity contribution is 0.263. The van der Waals surface area contributed by atoms with Crippen molar-refractivity contribution in [1.82, 2.24) is 4.31 Å². The van der Waals surface area contributed by atoms with Gasteiger partial charge in [0, 0.05) is 13.1 Å². The minimum absolute atomic E-state index is 0.286. The molecule has 0 spiro atoms. The van der Waals surface area contributed by atoms with Gasteiger partial charge < -0.3 is 0 Å². The molecule has 0 bridgehead atoms. The van der Waals surface area contributed by atoms with Crippen LogP contribution in [0.3, 0.4) is 0 Å². The highest BCUT2D eigenvalue weighted by Crippen LogP contribution is 2.23. The van der Waals surface area contributed by atoms with E-state index in [1.807, 2.05) is 0 Å². The van der Waals surface area contributed by atoms with Crippen LogP contribution in [0.25, 0.3) is 0 Å². The maximum atomic E-state index is 11.4. The second-order valence-electron chi connectivity index (χ2n) is 3.85. The van der Waals surface area contributed by atoms with Crippen molar-refractivity contribution in [3.8, 4) is 0 Å². The number of alkyl halides is 1. The van der Waals surface area contributed by atoms with Gasteiger partial charge in [0.2, 0.25) is 10.0 Å². The standard InChI is InChI=1S/C9H18ClNO2S/c1-2-3-9-4-6-11(7-5-9)14(12,13)8-10/h9H,2-8H2,1H3. The summed E-state index contributed by atoms with van der Waals surface area (Å²) in [7, 11) is -3.16. The molecule has 0 saturated carbocycles. The van der Waals surface area contributed by atoms with Crippen LogP contribution in [0.15, 0.2) is 0 Å². The molecule has 1 fully saturated rings. The highest BCUT2D eigenvalue weighted by atomic mass is 35.5. The third kappa shape index (κ3) is 3.11. The molecule has 5 heteroatoms. The number of hydrogen-bond acceptors (Lipinski definition) is 2. The number of rotatable bonds is 4. The molecule has 0 aromatic heterocycles. The molecule has 84 valence electrons. The van der Waals surface area contributed by atoms with E-state index in [0.717, 1.165) is 12.8 Å². The summed E-state index contributed by atoms with van der Waals surface area (Å²) in [6, 6.07) is 0. The average molecular weight is 240 g/mol. The van der Waals surface area contributed by atoms with Crippen molar-refractivity contribution in [2.24, 2.45) is 5.92 Å². The smallest absolute Gasteiger partial charge is 0.211 e. The highest BCUT2D eigenvalue weighted by Gasteiger charge is 2.26. The second kappa shape index (κ2) is 5.33. The molecule has 1 rings (SSSR count).